The molecule has 5 heteroatoms. The summed E-state index contributed by atoms with van der Waals surface area (Å²) in [4.78, 5) is 0. The molecule has 0 amide bonds. The van der Waals surface area contributed by atoms with Crippen LogP contribution in [0.5, 0.6) is 0 Å². The second kappa shape index (κ2) is 9.29. The van der Waals surface area contributed by atoms with Gasteiger partial charge in [-0.3, -0.25) is 4.57 Å². The third-order valence-corrected chi connectivity index (χ3v) is 6.17. The highest BCUT2D eigenvalue weighted by Crippen LogP contribution is 2.29. The Labute approximate surface area is 180 Å². The van der Waals surface area contributed by atoms with E-state index < -0.39 is 0 Å². The summed E-state index contributed by atoms with van der Waals surface area (Å²) >= 11 is 7.99. The van der Waals surface area contributed by atoms with Crippen molar-refractivity contribution in [3.05, 3.63) is 106 Å². The van der Waals surface area contributed by atoms with Crippen LogP contribution >= 0.6 is 23.4 Å². The lowest BCUT2D eigenvalue weighted by atomic mass is 10.1. The van der Waals surface area contributed by atoms with Crippen LogP contribution in [0.25, 0.3) is 5.69 Å². The van der Waals surface area contributed by atoms with E-state index in [1.54, 1.807) is 11.8 Å². The molecular formula is C24H22ClN3S. The van der Waals surface area contributed by atoms with Gasteiger partial charge in [-0.25, -0.2) is 0 Å². The SMILES string of the molecule is CCc1ccc(-n2c(Cc3ccccc3)nnc2SCc2ccccc2Cl)cc1. The van der Waals surface area contributed by atoms with Crippen molar-refractivity contribution in [3.63, 3.8) is 0 Å². The maximum Gasteiger partial charge on any atom is 0.196 e. The first-order valence-corrected chi connectivity index (χ1v) is 11.0. The van der Waals surface area contributed by atoms with Crippen LogP contribution in [-0.4, -0.2) is 14.8 Å². The normalized spacial score (nSPS) is 11.0. The molecule has 0 aliphatic heterocycles. The number of nitrogens with zero attached hydrogens (tertiary/aromatic N) is 3. The molecule has 0 spiro atoms. The van der Waals surface area contributed by atoms with E-state index in [0.29, 0.717) is 0 Å². The summed E-state index contributed by atoms with van der Waals surface area (Å²) < 4.78 is 2.16. The molecule has 4 aromatic rings. The number of aromatic nitrogens is 3. The maximum atomic E-state index is 6.34. The lowest BCUT2D eigenvalue weighted by Gasteiger charge is -2.11. The average Bonchev–Trinajstić information content (AvgIpc) is 3.16. The number of rotatable bonds is 7. The standard InChI is InChI=1S/C24H22ClN3S/c1-2-18-12-14-21(15-13-18)28-23(16-19-8-4-3-5-9-19)26-27-24(28)29-17-20-10-6-7-11-22(20)25/h3-15H,2,16-17H2,1H3. The van der Waals surface area contributed by atoms with Gasteiger partial charge in [0, 0.05) is 22.9 Å². The van der Waals surface area contributed by atoms with E-state index in [1.165, 1.54) is 11.1 Å². The predicted octanol–water partition coefficient (Wildman–Crippen LogP) is 6.37. The summed E-state index contributed by atoms with van der Waals surface area (Å²) in [5, 5.41) is 10.7. The first kappa shape index (κ1) is 19.7. The molecule has 29 heavy (non-hydrogen) atoms. The zero-order valence-corrected chi connectivity index (χ0v) is 17.8. The van der Waals surface area contributed by atoms with Crippen molar-refractivity contribution < 1.29 is 0 Å². The first-order valence-electron chi connectivity index (χ1n) is 9.68. The van der Waals surface area contributed by atoms with Crippen molar-refractivity contribution in [1.82, 2.24) is 14.8 Å². The molecular weight excluding hydrogens is 398 g/mol. The molecule has 3 aromatic carbocycles. The number of aryl methyl sites for hydroxylation is 1. The van der Waals surface area contributed by atoms with Gasteiger partial charge in [-0.1, -0.05) is 91.0 Å². The molecule has 0 aliphatic rings. The molecule has 0 N–H and O–H groups in total. The third-order valence-electron chi connectivity index (χ3n) is 4.82. The number of benzene rings is 3. The molecule has 0 saturated heterocycles. The number of thioether (sulfide) groups is 1. The first-order chi connectivity index (χ1) is 14.2. The van der Waals surface area contributed by atoms with Gasteiger partial charge in [-0.05, 0) is 41.3 Å². The monoisotopic (exact) mass is 419 g/mol. The van der Waals surface area contributed by atoms with E-state index in [2.05, 4.69) is 76.3 Å². The Morgan fingerprint density at radius 2 is 1.55 bits per heavy atom. The van der Waals surface area contributed by atoms with Crippen LogP contribution in [-0.2, 0) is 18.6 Å². The zero-order valence-electron chi connectivity index (χ0n) is 16.3. The molecule has 146 valence electrons. The lowest BCUT2D eigenvalue weighted by molar-refractivity contribution is 0.846. The minimum atomic E-state index is 0.732. The molecule has 0 bridgehead atoms. The number of hydrogen-bond donors (Lipinski definition) is 0. The van der Waals surface area contributed by atoms with Crippen LogP contribution in [0.1, 0.15) is 29.4 Å². The molecule has 0 saturated carbocycles. The van der Waals surface area contributed by atoms with Gasteiger partial charge in [0.2, 0.25) is 0 Å². The minimum absolute atomic E-state index is 0.732. The van der Waals surface area contributed by atoms with Crippen LogP contribution in [0.15, 0.2) is 84.0 Å². The van der Waals surface area contributed by atoms with Crippen molar-refractivity contribution >= 4 is 23.4 Å². The summed E-state index contributed by atoms with van der Waals surface area (Å²) in [6, 6.07) is 27.0. The summed E-state index contributed by atoms with van der Waals surface area (Å²) in [5.74, 6) is 1.68. The number of halogens is 1. The fourth-order valence-electron chi connectivity index (χ4n) is 3.18. The van der Waals surface area contributed by atoms with Gasteiger partial charge in [0.05, 0.1) is 0 Å². The van der Waals surface area contributed by atoms with E-state index in [0.717, 1.165) is 45.8 Å². The molecule has 1 heterocycles. The Hall–Kier alpha value is -2.56. The van der Waals surface area contributed by atoms with E-state index in [9.17, 15) is 0 Å². The molecule has 0 radical (unpaired) electrons. The van der Waals surface area contributed by atoms with Crippen LogP contribution in [0, 0.1) is 0 Å². The molecule has 0 fully saturated rings. The number of hydrogen-bond acceptors (Lipinski definition) is 3. The highest BCUT2D eigenvalue weighted by atomic mass is 35.5. The second-order valence-electron chi connectivity index (χ2n) is 6.80. The summed E-state index contributed by atoms with van der Waals surface area (Å²) in [7, 11) is 0. The summed E-state index contributed by atoms with van der Waals surface area (Å²) in [5.41, 5.74) is 4.71. The molecule has 4 rings (SSSR count). The van der Waals surface area contributed by atoms with Gasteiger partial charge in [-0.15, -0.1) is 10.2 Å². The van der Waals surface area contributed by atoms with Crippen molar-refractivity contribution in [2.45, 2.75) is 30.7 Å². The fourth-order valence-corrected chi connectivity index (χ4v) is 4.44. The van der Waals surface area contributed by atoms with Crippen LogP contribution in [0.2, 0.25) is 5.02 Å². The van der Waals surface area contributed by atoms with Gasteiger partial charge in [0.25, 0.3) is 0 Å². The van der Waals surface area contributed by atoms with Gasteiger partial charge < -0.3 is 0 Å². The van der Waals surface area contributed by atoms with Crippen LogP contribution in [0.3, 0.4) is 0 Å². The van der Waals surface area contributed by atoms with Crippen molar-refractivity contribution in [1.29, 1.82) is 0 Å². The van der Waals surface area contributed by atoms with Gasteiger partial charge in [-0.2, -0.15) is 0 Å². The molecule has 1 aromatic heterocycles. The average molecular weight is 420 g/mol. The maximum absolute atomic E-state index is 6.34. The lowest BCUT2D eigenvalue weighted by Crippen LogP contribution is -2.04. The van der Waals surface area contributed by atoms with Crippen LogP contribution in [0.4, 0.5) is 0 Å². The third kappa shape index (κ3) is 4.72. The Kier molecular flexibility index (Phi) is 6.33. The molecule has 0 atom stereocenters. The second-order valence-corrected chi connectivity index (χ2v) is 8.15. The molecule has 0 unspecified atom stereocenters. The van der Waals surface area contributed by atoms with Crippen molar-refractivity contribution in [2.24, 2.45) is 0 Å². The highest BCUT2D eigenvalue weighted by molar-refractivity contribution is 7.98. The van der Waals surface area contributed by atoms with Gasteiger partial charge >= 0.3 is 0 Å². The highest BCUT2D eigenvalue weighted by Gasteiger charge is 2.15. The Morgan fingerprint density at radius 1 is 0.828 bits per heavy atom. The van der Waals surface area contributed by atoms with E-state index in [1.807, 2.05) is 24.3 Å². The van der Waals surface area contributed by atoms with E-state index in [-0.39, 0.29) is 0 Å². The quantitative estimate of drug-likeness (QED) is 0.326. The Balaban J connectivity index is 1.67. The summed E-state index contributed by atoms with van der Waals surface area (Å²) in [6.45, 7) is 2.17. The van der Waals surface area contributed by atoms with Gasteiger partial charge in [0.15, 0.2) is 5.16 Å². The van der Waals surface area contributed by atoms with Gasteiger partial charge in [0.1, 0.15) is 5.82 Å². The fraction of sp³-hybridized carbons (Fsp3) is 0.167. The van der Waals surface area contributed by atoms with E-state index in [4.69, 9.17) is 11.6 Å². The minimum Gasteiger partial charge on any atom is -0.274 e. The topological polar surface area (TPSA) is 30.7 Å². The zero-order chi connectivity index (χ0) is 20.1. The van der Waals surface area contributed by atoms with E-state index >= 15 is 0 Å². The largest absolute Gasteiger partial charge is 0.274 e. The predicted molar refractivity (Wildman–Crippen MR) is 121 cm³/mol. The Morgan fingerprint density at radius 3 is 2.28 bits per heavy atom. The summed E-state index contributed by atoms with van der Waals surface area (Å²) in [6.07, 6.45) is 1.75. The van der Waals surface area contributed by atoms with Crippen molar-refractivity contribution in [2.75, 3.05) is 0 Å². The van der Waals surface area contributed by atoms with Crippen LogP contribution < -0.4 is 0 Å². The smallest absolute Gasteiger partial charge is 0.196 e. The van der Waals surface area contributed by atoms with Crippen molar-refractivity contribution in [3.8, 4) is 5.69 Å². The molecule has 3 nitrogen and oxygen atoms in total. The molecule has 0 aliphatic carbocycles. The Bertz CT molecular complexity index is 1070.